The highest BCUT2D eigenvalue weighted by Crippen LogP contribution is 2.35. The van der Waals surface area contributed by atoms with Gasteiger partial charge in [-0.2, -0.15) is 0 Å². The molecule has 3 rings (SSSR count). The van der Waals surface area contributed by atoms with Crippen molar-refractivity contribution in [3.8, 4) is 11.5 Å². The third-order valence-electron chi connectivity index (χ3n) is 3.92. The minimum Gasteiger partial charge on any atom is -0.490 e. The largest absolute Gasteiger partial charge is 0.490 e. The molecular weight excluding hydrogens is 457 g/mol. The standard InChI is InChI=1S/C21H20INO4/c1-4-25-18-12-14(10-16(22)19(18)26-5-2)11-17-21(24)27-20(23-17)15-9-7-6-8-13(15)3/h6-12H,4-5H2,1-3H3/b17-11-. The van der Waals surface area contributed by atoms with Gasteiger partial charge in [-0.3, -0.25) is 0 Å². The molecule has 0 aliphatic carbocycles. The van der Waals surface area contributed by atoms with Crippen molar-refractivity contribution >= 4 is 40.5 Å². The van der Waals surface area contributed by atoms with Crippen molar-refractivity contribution < 1.29 is 19.0 Å². The Balaban J connectivity index is 1.98. The Morgan fingerprint density at radius 3 is 2.59 bits per heavy atom. The molecule has 0 N–H and O–H groups in total. The summed E-state index contributed by atoms with van der Waals surface area (Å²) >= 11 is 2.20. The summed E-state index contributed by atoms with van der Waals surface area (Å²) in [5, 5.41) is 0. The van der Waals surface area contributed by atoms with E-state index in [-0.39, 0.29) is 5.70 Å². The number of cyclic esters (lactones) is 1. The summed E-state index contributed by atoms with van der Waals surface area (Å²) in [6.45, 7) is 6.87. The van der Waals surface area contributed by atoms with Crippen molar-refractivity contribution in [1.82, 2.24) is 0 Å². The van der Waals surface area contributed by atoms with Crippen LogP contribution in [0.5, 0.6) is 11.5 Å². The van der Waals surface area contributed by atoms with Gasteiger partial charge in [0, 0.05) is 5.56 Å². The van der Waals surface area contributed by atoms with Gasteiger partial charge in [0.1, 0.15) is 0 Å². The van der Waals surface area contributed by atoms with Gasteiger partial charge in [0.25, 0.3) is 0 Å². The molecule has 2 aromatic carbocycles. The summed E-state index contributed by atoms with van der Waals surface area (Å²) in [6, 6.07) is 11.4. The minimum absolute atomic E-state index is 0.260. The summed E-state index contributed by atoms with van der Waals surface area (Å²) in [6.07, 6.45) is 1.70. The van der Waals surface area contributed by atoms with Crippen LogP contribution in [0, 0.1) is 10.5 Å². The zero-order valence-corrected chi connectivity index (χ0v) is 17.6. The maximum Gasteiger partial charge on any atom is 0.363 e. The second-order valence-corrected chi connectivity index (χ2v) is 7.01. The van der Waals surface area contributed by atoms with E-state index in [9.17, 15) is 4.79 Å². The summed E-state index contributed by atoms with van der Waals surface area (Å²) in [5.74, 6) is 1.22. The van der Waals surface area contributed by atoms with Gasteiger partial charge in [-0.1, -0.05) is 18.2 Å². The van der Waals surface area contributed by atoms with Crippen molar-refractivity contribution in [3.63, 3.8) is 0 Å². The molecule has 1 heterocycles. The van der Waals surface area contributed by atoms with Crippen molar-refractivity contribution in [2.24, 2.45) is 4.99 Å². The molecule has 5 nitrogen and oxygen atoms in total. The molecule has 0 atom stereocenters. The Labute approximate surface area is 172 Å². The number of carbonyl (C=O) groups excluding carboxylic acids is 1. The van der Waals surface area contributed by atoms with Crippen LogP contribution in [0.1, 0.15) is 30.5 Å². The third kappa shape index (κ3) is 4.32. The summed E-state index contributed by atoms with van der Waals surface area (Å²) in [5.41, 5.74) is 2.87. The lowest BCUT2D eigenvalue weighted by Crippen LogP contribution is -2.06. The fourth-order valence-electron chi connectivity index (χ4n) is 2.71. The first kappa shape index (κ1) is 19.4. The van der Waals surface area contributed by atoms with Gasteiger partial charge < -0.3 is 14.2 Å². The van der Waals surface area contributed by atoms with Crippen LogP contribution in [0.25, 0.3) is 6.08 Å². The minimum atomic E-state index is -0.463. The van der Waals surface area contributed by atoms with Crippen LogP contribution in [0.2, 0.25) is 0 Å². The van der Waals surface area contributed by atoms with Crippen LogP contribution in [0.3, 0.4) is 0 Å². The SMILES string of the molecule is CCOc1cc(/C=C2\N=C(c3ccccc3C)OC2=O)cc(I)c1OCC. The first-order valence-electron chi connectivity index (χ1n) is 8.71. The van der Waals surface area contributed by atoms with E-state index in [2.05, 4.69) is 27.6 Å². The van der Waals surface area contributed by atoms with Gasteiger partial charge in [-0.25, -0.2) is 9.79 Å². The number of rotatable bonds is 6. The fraction of sp³-hybridized carbons (Fsp3) is 0.238. The Kier molecular flexibility index (Phi) is 6.15. The number of aryl methyl sites for hydroxylation is 1. The summed E-state index contributed by atoms with van der Waals surface area (Å²) in [7, 11) is 0. The molecule has 0 saturated carbocycles. The highest BCUT2D eigenvalue weighted by molar-refractivity contribution is 14.1. The zero-order chi connectivity index (χ0) is 19.4. The molecule has 0 fully saturated rings. The number of hydrogen-bond acceptors (Lipinski definition) is 5. The lowest BCUT2D eigenvalue weighted by Gasteiger charge is -2.13. The van der Waals surface area contributed by atoms with E-state index in [1.807, 2.05) is 57.2 Å². The third-order valence-corrected chi connectivity index (χ3v) is 4.72. The van der Waals surface area contributed by atoms with E-state index >= 15 is 0 Å². The van der Waals surface area contributed by atoms with Crippen molar-refractivity contribution in [3.05, 3.63) is 62.4 Å². The molecule has 0 aromatic heterocycles. The van der Waals surface area contributed by atoms with Crippen molar-refractivity contribution in [2.75, 3.05) is 13.2 Å². The number of benzene rings is 2. The Bertz CT molecular complexity index is 934. The zero-order valence-electron chi connectivity index (χ0n) is 15.4. The lowest BCUT2D eigenvalue weighted by molar-refractivity contribution is -0.129. The fourth-order valence-corrected chi connectivity index (χ4v) is 3.49. The number of nitrogens with zero attached hydrogens (tertiary/aromatic N) is 1. The Morgan fingerprint density at radius 1 is 1.15 bits per heavy atom. The molecule has 0 radical (unpaired) electrons. The molecule has 0 saturated heterocycles. The highest BCUT2D eigenvalue weighted by Gasteiger charge is 2.25. The smallest absolute Gasteiger partial charge is 0.363 e. The van der Waals surface area contributed by atoms with Crippen LogP contribution in [-0.4, -0.2) is 25.1 Å². The van der Waals surface area contributed by atoms with E-state index in [0.29, 0.717) is 30.6 Å². The van der Waals surface area contributed by atoms with E-state index in [1.54, 1.807) is 6.08 Å². The Hall–Kier alpha value is -2.35. The van der Waals surface area contributed by atoms with Gasteiger partial charge in [0.15, 0.2) is 17.2 Å². The van der Waals surface area contributed by atoms with Crippen molar-refractivity contribution in [2.45, 2.75) is 20.8 Å². The topological polar surface area (TPSA) is 57.1 Å². The van der Waals surface area contributed by atoms with E-state index < -0.39 is 5.97 Å². The molecule has 6 heteroatoms. The average Bonchev–Trinajstić information content (AvgIpc) is 2.99. The molecule has 27 heavy (non-hydrogen) atoms. The van der Waals surface area contributed by atoms with Gasteiger partial charge >= 0.3 is 5.97 Å². The number of hydrogen-bond donors (Lipinski definition) is 0. The maximum atomic E-state index is 12.3. The van der Waals surface area contributed by atoms with Crippen LogP contribution in [0.15, 0.2) is 47.1 Å². The molecule has 0 amide bonds. The van der Waals surface area contributed by atoms with Crippen LogP contribution < -0.4 is 9.47 Å². The number of esters is 1. The molecular formula is C21H20INO4. The number of aliphatic imine (C=N–C) groups is 1. The van der Waals surface area contributed by atoms with Crippen molar-refractivity contribution in [1.29, 1.82) is 0 Å². The van der Waals surface area contributed by atoms with Gasteiger partial charge in [0.2, 0.25) is 5.90 Å². The predicted octanol–water partition coefficient (Wildman–Crippen LogP) is 4.74. The Morgan fingerprint density at radius 2 is 1.89 bits per heavy atom. The first-order valence-corrected chi connectivity index (χ1v) is 9.79. The molecule has 2 aromatic rings. The maximum absolute atomic E-state index is 12.3. The summed E-state index contributed by atoms with van der Waals surface area (Å²) in [4.78, 5) is 16.7. The molecule has 0 spiro atoms. The highest BCUT2D eigenvalue weighted by atomic mass is 127. The summed E-state index contributed by atoms with van der Waals surface area (Å²) < 4.78 is 17.7. The molecule has 1 aliphatic heterocycles. The quantitative estimate of drug-likeness (QED) is 0.343. The van der Waals surface area contributed by atoms with Gasteiger partial charge in [-0.05, 0) is 78.8 Å². The molecule has 0 bridgehead atoms. The number of ether oxygens (including phenoxy) is 3. The van der Waals surface area contributed by atoms with E-state index in [4.69, 9.17) is 14.2 Å². The molecule has 1 aliphatic rings. The van der Waals surface area contributed by atoms with Gasteiger partial charge in [0.05, 0.1) is 16.8 Å². The molecule has 140 valence electrons. The van der Waals surface area contributed by atoms with Crippen LogP contribution in [0.4, 0.5) is 0 Å². The lowest BCUT2D eigenvalue weighted by atomic mass is 10.1. The average molecular weight is 477 g/mol. The number of carbonyl (C=O) groups is 1. The molecule has 0 unspecified atom stereocenters. The normalized spacial score (nSPS) is 14.9. The van der Waals surface area contributed by atoms with Crippen LogP contribution >= 0.6 is 22.6 Å². The van der Waals surface area contributed by atoms with E-state index in [1.165, 1.54) is 0 Å². The second kappa shape index (κ2) is 8.56. The first-order chi connectivity index (χ1) is 13.0. The number of halogens is 1. The van der Waals surface area contributed by atoms with E-state index in [0.717, 1.165) is 20.3 Å². The predicted molar refractivity (Wildman–Crippen MR) is 113 cm³/mol. The monoisotopic (exact) mass is 477 g/mol. The van der Waals surface area contributed by atoms with Gasteiger partial charge in [-0.15, -0.1) is 0 Å². The van der Waals surface area contributed by atoms with Crippen LogP contribution in [-0.2, 0) is 9.53 Å². The second-order valence-electron chi connectivity index (χ2n) is 5.85.